The van der Waals surface area contributed by atoms with Gasteiger partial charge in [0.1, 0.15) is 0 Å². The first-order valence-electron chi connectivity index (χ1n) is 8.68. The van der Waals surface area contributed by atoms with Crippen LogP contribution in [0.15, 0.2) is 63.2 Å². The fraction of sp³-hybridized carbons (Fsp3) is 0.200. The molecule has 4 rings (SSSR count). The maximum absolute atomic E-state index is 11.8. The highest BCUT2D eigenvalue weighted by Crippen LogP contribution is 2.21. The number of hydrogen-bond donors (Lipinski definition) is 0. The fourth-order valence-electron chi connectivity index (χ4n) is 3.05. The van der Waals surface area contributed by atoms with E-state index >= 15 is 0 Å². The number of hydrogen-bond acceptors (Lipinski definition) is 5. The summed E-state index contributed by atoms with van der Waals surface area (Å²) < 4.78 is 2.65. The molecule has 0 unspecified atom stereocenters. The lowest BCUT2D eigenvalue weighted by molar-refractivity contribution is 0.101. The van der Waals surface area contributed by atoms with Crippen LogP contribution in [0.25, 0.3) is 5.69 Å². The van der Waals surface area contributed by atoms with E-state index in [0.717, 1.165) is 35.1 Å². The number of Topliss-reactive ketones (excluding diaryl/α,β-unsaturated/α-hetero) is 1. The number of rotatable bonds is 3. The van der Waals surface area contributed by atoms with E-state index in [1.165, 1.54) is 29.4 Å². The van der Waals surface area contributed by atoms with Gasteiger partial charge in [0.25, 0.3) is 0 Å². The van der Waals surface area contributed by atoms with Crippen LogP contribution in [0.3, 0.4) is 0 Å². The monoisotopic (exact) mass is 440 g/mol. The van der Waals surface area contributed by atoms with Crippen LogP contribution in [-0.4, -0.2) is 21.3 Å². The molecule has 1 heterocycles. The molecule has 136 valence electrons. The van der Waals surface area contributed by atoms with Crippen molar-refractivity contribution in [2.45, 2.75) is 26.2 Å². The smallest absolute Gasteiger partial charge is 0.233 e. The Balaban J connectivity index is 1.82. The number of benzene rings is 2. The lowest BCUT2D eigenvalue weighted by Crippen LogP contribution is -2.15. The van der Waals surface area contributed by atoms with Crippen molar-refractivity contribution in [2.24, 2.45) is 10.2 Å². The van der Waals surface area contributed by atoms with E-state index in [1.54, 1.807) is 4.68 Å². The van der Waals surface area contributed by atoms with Crippen molar-refractivity contribution in [3.63, 3.8) is 0 Å². The summed E-state index contributed by atoms with van der Waals surface area (Å²) in [5.74, 6) is -0.0806. The molecule has 1 aliphatic carbocycles. The van der Waals surface area contributed by atoms with Crippen LogP contribution in [0.4, 0.5) is 0 Å². The first-order chi connectivity index (χ1) is 13.1. The van der Waals surface area contributed by atoms with Crippen LogP contribution >= 0.6 is 27.3 Å². The second-order valence-corrected chi connectivity index (χ2v) is 8.16. The average molecular weight is 441 g/mol. The number of nitrogens with zero attached hydrogens (tertiary/aromatic N) is 4. The van der Waals surface area contributed by atoms with Gasteiger partial charge in [-0.15, -0.1) is 5.10 Å². The van der Waals surface area contributed by atoms with Crippen molar-refractivity contribution in [1.29, 1.82) is 0 Å². The molecule has 0 N–H and O–H groups in total. The van der Waals surface area contributed by atoms with Crippen molar-refractivity contribution in [2.75, 3.05) is 0 Å². The second kappa shape index (κ2) is 7.70. The molecule has 3 aromatic rings. The number of ketones is 1. The van der Waals surface area contributed by atoms with Gasteiger partial charge in [0.2, 0.25) is 4.80 Å². The summed E-state index contributed by atoms with van der Waals surface area (Å²) in [4.78, 5) is 12.4. The fourth-order valence-corrected chi connectivity index (χ4v) is 4.06. The lowest BCUT2D eigenvalue weighted by atomic mass is 9.90. The van der Waals surface area contributed by atoms with Crippen molar-refractivity contribution < 1.29 is 4.79 Å². The highest BCUT2D eigenvalue weighted by molar-refractivity contribution is 9.10. The van der Waals surface area contributed by atoms with Crippen LogP contribution in [0.2, 0.25) is 0 Å². The molecule has 0 fully saturated rings. The molecule has 1 aromatic heterocycles. The molecule has 0 saturated carbocycles. The number of aromatic nitrogens is 2. The largest absolute Gasteiger partial charge is 0.292 e. The summed E-state index contributed by atoms with van der Waals surface area (Å²) >= 11 is 4.69. The van der Waals surface area contributed by atoms with Gasteiger partial charge in [-0.3, -0.25) is 4.79 Å². The number of carbonyl (C=O) groups is 1. The summed E-state index contributed by atoms with van der Waals surface area (Å²) in [7, 11) is 0. The maximum Gasteiger partial charge on any atom is 0.233 e. The maximum atomic E-state index is 11.8. The molecule has 27 heavy (non-hydrogen) atoms. The summed E-state index contributed by atoms with van der Waals surface area (Å²) in [5, 5.41) is 13.9. The highest BCUT2D eigenvalue weighted by Gasteiger charge is 2.15. The first kappa shape index (κ1) is 18.0. The van der Waals surface area contributed by atoms with E-state index < -0.39 is 0 Å². The van der Waals surface area contributed by atoms with Gasteiger partial charge in [0, 0.05) is 17.0 Å². The Morgan fingerprint density at radius 2 is 1.89 bits per heavy atom. The van der Waals surface area contributed by atoms with Gasteiger partial charge in [-0.25, -0.2) is 4.68 Å². The number of fused-ring (bicyclic) bond motifs is 1. The van der Waals surface area contributed by atoms with Crippen molar-refractivity contribution in [3.05, 3.63) is 73.9 Å². The minimum absolute atomic E-state index is 0.0806. The van der Waals surface area contributed by atoms with E-state index in [9.17, 15) is 4.79 Å². The quantitative estimate of drug-likeness (QED) is 0.443. The minimum atomic E-state index is -0.0806. The van der Waals surface area contributed by atoms with Gasteiger partial charge in [0.05, 0.1) is 11.4 Å². The first-order valence-corrected chi connectivity index (χ1v) is 10.3. The lowest BCUT2D eigenvalue weighted by Gasteiger charge is -2.16. The molecule has 5 nitrogen and oxygen atoms in total. The second-order valence-electron chi connectivity index (χ2n) is 6.29. The Labute approximate surface area is 169 Å². The van der Waals surface area contributed by atoms with Gasteiger partial charge < -0.3 is 0 Å². The van der Waals surface area contributed by atoms with E-state index in [4.69, 9.17) is 0 Å². The van der Waals surface area contributed by atoms with Crippen LogP contribution in [0.5, 0.6) is 0 Å². The average Bonchev–Trinajstić information content (AvgIpc) is 3.11. The standard InChI is InChI=1S/C20H17BrN4OS/c1-13(26)19-24-25(16-11-9-15(21)10-12-16)20(27-19)23-22-18-8-4-6-14-5-2-3-7-17(14)18/h2-3,5,7,9-12H,4,6,8H2,1H3/b22-18+,23-20-. The molecule has 0 saturated heterocycles. The molecule has 0 atom stereocenters. The van der Waals surface area contributed by atoms with Crippen LogP contribution in [0.1, 0.15) is 40.7 Å². The molecule has 7 heteroatoms. The molecule has 0 radical (unpaired) electrons. The van der Waals surface area contributed by atoms with Gasteiger partial charge >= 0.3 is 0 Å². The third-order valence-corrected chi connectivity index (χ3v) is 5.90. The Kier molecular flexibility index (Phi) is 5.13. The zero-order valence-corrected chi connectivity index (χ0v) is 17.1. The number of halogens is 1. The Morgan fingerprint density at radius 3 is 2.67 bits per heavy atom. The summed E-state index contributed by atoms with van der Waals surface area (Å²) in [6.45, 7) is 1.51. The van der Waals surface area contributed by atoms with E-state index in [-0.39, 0.29) is 5.78 Å². The summed E-state index contributed by atoms with van der Waals surface area (Å²) in [5.41, 5.74) is 4.30. The molecule has 0 spiro atoms. The zero-order chi connectivity index (χ0) is 18.8. The predicted molar refractivity (Wildman–Crippen MR) is 111 cm³/mol. The van der Waals surface area contributed by atoms with Crippen molar-refractivity contribution in [1.82, 2.24) is 9.78 Å². The van der Waals surface area contributed by atoms with Gasteiger partial charge in [-0.1, -0.05) is 51.5 Å². The zero-order valence-electron chi connectivity index (χ0n) is 14.7. The third kappa shape index (κ3) is 3.84. The van der Waals surface area contributed by atoms with E-state index in [2.05, 4.69) is 49.4 Å². The van der Waals surface area contributed by atoms with E-state index in [0.29, 0.717) is 9.81 Å². The van der Waals surface area contributed by atoms with Crippen LogP contribution < -0.4 is 4.80 Å². The Bertz CT molecular complexity index is 1100. The minimum Gasteiger partial charge on any atom is -0.292 e. The van der Waals surface area contributed by atoms with Crippen LogP contribution in [-0.2, 0) is 6.42 Å². The van der Waals surface area contributed by atoms with E-state index in [1.807, 2.05) is 30.3 Å². The van der Waals surface area contributed by atoms with Crippen molar-refractivity contribution >= 4 is 38.8 Å². The molecule has 2 aromatic carbocycles. The predicted octanol–water partition coefficient (Wildman–Crippen LogP) is 4.54. The number of aryl methyl sites for hydroxylation is 1. The Morgan fingerprint density at radius 1 is 1.11 bits per heavy atom. The number of carbonyl (C=O) groups excluding carboxylic acids is 1. The van der Waals surface area contributed by atoms with Gasteiger partial charge in [-0.05, 0) is 49.1 Å². The Hall–Kier alpha value is -2.38. The summed E-state index contributed by atoms with van der Waals surface area (Å²) in [6.07, 6.45) is 3.04. The molecule has 0 amide bonds. The highest BCUT2D eigenvalue weighted by atomic mass is 79.9. The normalized spacial score (nSPS) is 15.8. The van der Waals surface area contributed by atoms with Gasteiger partial charge in [-0.2, -0.15) is 10.2 Å². The summed E-state index contributed by atoms with van der Waals surface area (Å²) in [6, 6.07) is 16.0. The topological polar surface area (TPSA) is 59.6 Å². The van der Waals surface area contributed by atoms with Crippen molar-refractivity contribution in [3.8, 4) is 5.69 Å². The molecular weight excluding hydrogens is 424 g/mol. The molecule has 1 aliphatic rings. The molecule has 0 aliphatic heterocycles. The van der Waals surface area contributed by atoms with Gasteiger partial charge in [0.15, 0.2) is 10.8 Å². The SMILES string of the molecule is CC(=O)c1nn(-c2ccc(Br)cc2)/c(=N/N=C2\CCCc3ccccc32)s1. The molecule has 0 bridgehead atoms. The molecular formula is C20H17BrN4OS. The van der Waals surface area contributed by atoms with Crippen LogP contribution in [0, 0.1) is 0 Å². The third-order valence-electron chi connectivity index (χ3n) is 4.38.